The van der Waals surface area contributed by atoms with E-state index in [1.807, 2.05) is 18.2 Å². The highest BCUT2D eigenvalue weighted by Crippen LogP contribution is 2.26. The second-order valence-electron chi connectivity index (χ2n) is 5.33. The van der Waals surface area contributed by atoms with Crippen molar-refractivity contribution >= 4 is 0 Å². The molecule has 0 amide bonds. The van der Waals surface area contributed by atoms with Gasteiger partial charge in [-0.05, 0) is 12.0 Å². The van der Waals surface area contributed by atoms with Gasteiger partial charge >= 0.3 is 0 Å². The molecule has 0 aliphatic carbocycles. The van der Waals surface area contributed by atoms with Crippen LogP contribution in [0.5, 0.6) is 0 Å². The summed E-state index contributed by atoms with van der Waals surface area (Å²) < 4.78 is 5.67. The highest BCUT2D eigenvalue weighted by Gasteiger charge is 2.23. The smallest absolute Gasteiger partial charge is 0.162 e. The van der Waals surface area contributed by atoms with Crippen LogP contribution in [0.15, 0.2) is 30.3 Å². The molecule has 1 aliphatic rings. The maximum absolute atomic E-state index is 5.67. The van der Waals surface area contributed by atoms with E-state index in [2.05, 4.69) is 24.4 Å². The van der Waals surface area contributed by atoms with Crippen LogP contribution in [0.2, 0.25) is 0 Å². The van der Waals surface area contributed by atoms with Crippen molar-refractivity contribution in [1.82, 2.24) is 15.3 Å². The number of aromatic nitrogens is 2. The molecule has 1 aromatic carbocycles. The minimum Gasteiger partial charge on any atom is -0.369 e. The Morgan fingerprint density at radius 3 is 2.71 bits per heavy atom. The summed E-state index contributed by atoms with van der Waals surface area (Å²) in [5.74, 6) is 0.773. The van der Waals surface area contributed by atoms with Crippen LogP contribution in [0.1, 0.15) is 47.8 Å². The maximum atomic E-state index is 5.67. The third-order valence-electron chi connectivity index (χ3n) is 3.85. The lowest BCUT2D eigenvalue weighted by atomic mass is 10.1. The number of rotatable bonds is 5. The van der Waals surface area contributed by atoms with Gasteiger partial charge in [-0.3, -0.25) is 0 Å². The maximum Gasteiger partial charge on any atom is 0.162 e. The van der Waals surface area contributed by atoms with Gasteiger partial charge in [-0.25, -0.2) is 9.97 Å². The average Bonchev–Trinajstić information content (AvgIpc) is 2.98. The van der Waals surface area contributed by atoms with Gasteiger partial charge in [0, 0.05) is 31.5 Å². The first-order valence-electron chi connectivity index (χ1n) is 7.50. The molecular weight excluding hydrogens is 262 g/mol. The summed E-state index contributed by atoms with van der Waals surface area (Å²) in [5, 5.41) is 3.37. The minimum absolute atomic E-state index is 0.201. The number of nitrogens with one attached hydrogen (secondary N) is 1. The van der Waals surface area contributed by atoms with Crippen molar-refractivity contribution in [1.29, 1.82) is 0 Å². The molecule has 0 saturated heterocycles. The fraction of sp³-hybridized carbons (Fsp3) is 0.412. The van der Waals surface area contributed by atoms with Gasteiger partial charge in [-0.15, -0.1) is 0 Å². The van der Waals surface area contributed by atoms with Gasteiger partial charge in [0.25, 0.3) is 0 Å². The van der Waals surface area contributed by atoms with Gasteiger partial charge in [-0.1, -0.05) is 43.7 Å². The van der Waals surface area contributed by atoms with Gasteiger partial charge in [0.05, 0.1) is 5.69 Å². The lowest BCUT2D eigenvalue weighted by Crippen LogP contribution is -2.13. The van der Waals surface area contributed by atoms with Crippen LogP contribution in [0.4, 0.5) is 0 Å². The molecule has 2 aromatic rings. The lowest BCUT2D eigenvalue weighted by Gasteiger charge is -2.17. The molecule has 1 N–H and O–H groups in total. The summed E-state index contributed by atoms with van der Waals surface area (Å²) in [7, 11) is 1.71. The molecule has 3 rings (SSSR count). The molecule has 1 atom stereocenters. The zero-order valence-corrected chi connectivity index (χ0v) is 12.6. The molecule has 4 heteroatoms. The molecule has 0 radical (unpaired) electrons. The zero-order chi connectivity index (χ0) is 14.7. The minimum atomic E-state index is -0.201. The van der Waals surface area contributed by atoms with E-state index in [1.165, 1.54) is 11.3 Å². The summed E-state index contributed by atoms with van der Waals surface area (Å²) in [4.78, 5) is 9.55. The summed E-state index contributed by atoms with van der Waals surface area (Å²) in [6, 6.07) is 10.2. The second-order valence-corrected chi connectivity index (χ2v) is 5.33. The third kappa shape index (κ3) is 2.82. The number of aryl methyl sites for hydroxylation is 1. The van der Waals surface area contributed by atoms with Crippen LogP contribution in [-0.2, 0) is 24.2 Å². The van der Waals surface area contributed by atoms with Crippen molar-refractivity contribution in [2.45, 2.75) is 39.0 Å². The number of hydrogen-bond acceptors (Lipinski definition) is 4. The molecule has 4 nitrogen and oxygen atoms in total. The van der Waals surface area contributed by atoms with E-state index in [0.29, 0.717) is 0 Å². The van der Waals surface area contributed by atoms with E-state index in [4.69, 9.17) is 14.7 Å². The number of fused-ring (bicyclic) bond motifs is 1. The van der Waals surface area contributed by atoms with Crippen LogP contribution >= 0.6 is 0 Å². The molecule has 0 spiro atoms. The predicted molar refractivity (Wildman–Crippen MR) is 81.9 cm³/mol. The van der Waals surface area contributed by atoms with Crippen molar-refractivity contribution in [3.63, 3.8) is 0 Å². The Bertz CT molecular complexity index is 613. The molecule has 0 saturated carbocycles. The monoisotopic (exact) mass is 283 g/mol. The Balaban J connectivity index is 2.03. The number of ether oxygens (including phenoxy) is 1. The first kappa shape index (κ1) is 14.2. The van der Waals surface area contributed by atoms with Crippen LogP contribution < -0.4 is 5.32 Å². The molecule has 21 heavy (non-hydrogen) atoms. The average molecular weight is 283 g/mol. The molecule has 2 heterocycles. The van der Waals surface area contributed by atoms with Gasteiger partial charge in [0.2, 0.25) is 0 Å². The molecule has 0 fully saturated rings. The van der Waals surface area contributed by atoms with Crippen LogP contribution in [0.25, 0.3) is 0 Å². The Morgan fingerprint density at radius 2 is 2.00 bits per heavy atom. The number of benzene rings is 1. The fourth-order valence-electron chi connectivity index (χ4n) is 2.84. The van der Waals surface area contributed by atoms with E-state index in [0.717, 1.165) is 43.0 Å². The Kier molecular flexibility index (Phi) is 4.27. The van der Waals surface area contributed by atoms with E-state index in [-0.39, 0.29) is 6.10 Å². The number of hydrogen-bond donors (Lipinski definition) is 1. The Labute approximate surface area is 125 Å². The summed E-state index contributed by atoms with van der Waals surface area (Å²) in [6.45, 7) is 3.89. The Morgan fingerprint density at radius 1 is 1.19 bits per heavy atom. The van der Waals surface area contributed by atoms with Gasteiger partial charge in [0.1, 0.15) is 6.10 Å². The van der Waals surface area contributed by atoms with Crippen LogP contribution in [-0.4, -0.2) is 17.1 Å². The molecule has 0 bridgehead atoms. The molecule has 1 unspecified atom stereocenters. The van der Waals surface area contributed by atoms with Crippen molar-refractivity contribution in [2.24, 2.45) is 0 Å². The fourth-order valence-corrected chi connectivity index (χ4v) is 2.84. The number of nitrogens with zero attached hydrogens (tertiary/aromatic N) is 2. The van der Waals surface area contributed by atoms with E-state index in [9.17, 15) is 0 Å². The molecule has 1 aliphatic heterocycles. The largest absolute Gasteiger partial charge is 0.369 e. The lowest BCUT2D eigenvalue weighted by molar-refractivity contribution is 0.128. The van der Waals surface area contributed by atoms with Crippen molar-refractivity contribution in [3.8, 4) is 0 Å². The summed E-state index contributed by atoms with van der Waals surface area (Å²) >= 11 is 0. The Hall–Kier alpha value is -1.78. The van der Waals surface area contributed by atoms with E-state index in [1.54, 1.807) is 7.11 Å². The third-order valence-corrected chi connectivity index (χ3v) is 3.85. The van der Waals surface area contributed by atoms with Crippen molar-refractivity contribution in [3.05, 3.63) is 58.7 Å². The van der Waals surface area contributed by atoms with Crippen molar-refractivity contribution < 1.29 is 4.74 Å². The van der Waals surface area contributed by atoms with E-state index < -0.39 is 0 Å². The van der Waals surface area contributed by atoms with Crippen LogP contribution in [0, 0.1) is 0 Å². The predicted octanol–water partition coefficient (Wildman–Crippen LogP) is 2.77. The van der Waals surface area contributed by atoms with Gasteiger partial charge in [-0.2, -0.15) is 0 Å². The normalized spacial score (nSPS) is 15.0. The van der Waals surface area contributed by atoms with Gasteiger partial charge < -0.3 is 10.1 Å². The quantitative estimate of drug-likeness (QED) is 0.916. The summed E-state index contributed by atoms with van der Waals surface area (Å²) in [6.07, 6.45) is 1.88. The molecular formula is C17H21N3O. The first-order valence-corrected chi connectivity index (χ1v) is 7.50. The first-order chi connectivity index (χ1) is 10.3. The van der Waals surface area contributed by atoms with E-state index >= 15 is 0 Å². The topological polar surface area (TPSA) is 47.0 Å². The van der Waals surface area contributed by atoms with Crippen LogP contribution in [0.3, 0.4) is 0 Å². The number of methoxy groups -OCH3 is 1. The standard InChI is InChI=1S/C17H21N3O/c1-3-7-14-13-10-18-11-15(13)20-17(19-14)16(21-2)12-8-5-4-6-9-12/h4-6,8-9,16,18H,3,7,10-11H2,1-2H3. The molecule has 110 valence electrons. The second kappa shape index (κ2) is 6.33. The SMILES string of the molecule is CCCc1nc(C(OC)c2ccccc2)nc2c1CNC2. The van der Waals surface area contributed by atoms with Gasteiger partial charge in [0.15, 0.2) is 5.82 Å². The van der Waals surface area contributed by atoms with Crippen molar-refractivity contribution in [2.75, 3.05) is 7.11 Å². The highest BCUT2D eigenvalue weighted by molar-refractivity contribution is 5.32. The molecule has 1 aromatic heterocycles. The highest BCUT2D eigenvalue weighted by atomic mass is 16.5. The summed E-state index contributed by atoms with van der Waals surface area (Å²) in [5.41, 5.74) is 4.67. The zero-order valence-electron chi connectivity index (χ0n) is 12.6.